The molecule has 1 amide bonds. The molecule has 3 rings (SSSR count). The third kappa shape index (κ3) is 4.79. The zero-order valence-corrected chi connectivity index (χ0v) is 18.5. The number of piperidine rings is 1. The Balaban J connectivity index is 1.61. The first kappa shape index (κ1) is 22.2. The fourth-order valence-electron chi connectivity index (χ4n) is 3.56. The summed E-state index contributed by atoms with van der Waals surface area (Å²) in [5, 5.41) is 2.99. The smallest absolute Gasteiger partial charge is 0.243 e. The van der Waals surface area contributed by atoms with Gasteiger partial charge in [-0.2, -0.15) is 4.31 Å². The lowest BCUT2D eigenvalue weighted by atomic mass is 9.80. The van der Waals surface area contributed by atoms with Crippen LogP contribution in [0.15, 0.2) is 53.4 Å². The summed E-state index contributed by atoms with van der Waals surface area (Å²) in [6, 6.07) is 14.0. The summed E-state index contributed by atoms with van der Waals surface area (Å²) in [6.07, 6.45) is 0.912. The molecular weight excluding hydrogens is 400 g/mol. The topological polar surface area (TPSA) is 83.6 Å². The van der Waals surface area contributed by atoms with E-state index in [0.717, 1.165) is 5.56 Å². The monoisotopic (exact) mass is 428 g/mol. The number of Topliss-reactive ketones (excluding diaryl/α,β-unsaturated/α-hetero) is 1. The van der Waals surface area contributed by atoms with Crippen molar-refractivity contribution in [3.05, 3.63) is 65.2 Å². The lowest BCUT2D eigenvalue weighted by Gasteiger charge is -2.37. The van der Waals surface area contributed by atoms with Crippen molar-refractivity contribution in [3.8, 4) is 0 Å². The normalized spacial score (nSPS) is 16.8. The quantitative estimate of drug-likeness (QED) is 0.716. The van der Waals surface area contributed by atoms with E-state index >= 15 is 0 Å². The van der Waals surface area contributed by atoms with Crippen LogP contribution in [-0.4, -0.2) is 37.5 Å². The molecule has 0 aromatic heterocycles. The summed E-state index contributed by atoms with van der Waals surface area (Å²) in [5.41, 5.74) is 2.08. The van der Waals surface area contributed by atoms with Gasteiger partial charge in [-0.3, -0.25) is 9.59 Å². The van der Waals surface area contributed by atoms with Crippen molar-refractivity contribution in [2.45, 2.75) is 45.1 Å². The molecule has 1 aliphatic rings. The Kier molecular flexibility index (Phi) is 6.43. The molecule has 0 spiro atoms. The average molecular weight is 429 g/mol. The minimum absolute atomic E-state index is 0.0501. The predicted octanol–water partition coefficient (Wildman–Crippen LogP) is 3.30. The van der Waals surface area contributed by atoms with E-state index in [1.165, 1.54) is 41.1 Å². The summed E-state index contributed by atoms with van der Waals surface area (Å²) in [4.78, 5) is 24.3. The van der Waals surface area contributed by atoms with E-state index in [1.807, 2.05) is 38.1 Å². The molecule has 30 heavy (non-hydrogen) atoms. The third-order valence-corrected chi connectivity index (χ3v) is 7.76. The first-order valence-electron chi connectivity index (χ1n) is 10.1. The van der Waals surface area contributed by atoms with Crippen LogP contribution in [0.1, 0.15) is 48.2 Å². The molecular formula is C23H28N2O4S. The van der Waals surface area contributed by atoms with Crippen LogP contribution in [0.3, 0.4) is 0 Å². The van der Waals surface area contributed by atoms with Gasteiger partial charge in [-0.15, -0.1) is 0 Å². The number of nitrogens with one attached hydrogen (secondary N) is 1. The van der Waals surface area contributed by atoms with Crippen molar-refractivity contribution in [2.75, 3.05) is 13.1 Å². The van der Waals surface area contributed by atoms with E-state index in [0.29, 0.717) is 24.9 Å². The van der Waals surface area contributed by atoms with Crippen LogP contribution in [0.5, 0.6) is 0 Å². The van der Waals surface area contributed by atoms with Crippen molar-refractivity contribution in [1.29, 1.82) is 0 Å². The van der Waals surface area contributed by atoms with Crippen LogP contribution in [0.4, 0.5) is 0 Å². The Hall–Kier alpha value is -2.51. The predicted molar refractivity (Wildman–Crippen MR) is 116 cm³/mol. The molecule has 0 aliphatic carbocycles. The summed E-state index contributed by atoms with van der Waals surface area (Å²) in [6.45, 7) is 6.38. The Morgan fingerprint density at radius 3 is 2.10 bits per heavy atom. The third-order valence-electron chi connectivity index (χ3n) is 5.85. The van der Waals surface area contributed by atoms with Gasteiger partial charge in [0.25, 0.3) is 0 Å². The van der Waals surface area contributed by atoms with Gasteiger partial charge in [-0.1, -0.05) is 48.9 Å². The van der Waals surface area contributed by atoms with Gasteiger partial charge in [0.15, 0.2) is 5.78 Å². The van der Waals surface area contributed by atoms with Gasteiger partial charge in [0.05, 0.1) is 4.90 Å². The van der Waals surface area contributed by atoms with Crippen LogP contribution < -0.4 is 5.32 Å². The van der Waals surface area contributed by atoms with Crippen LogP contribution >= 0.6 is 0 Å². The van der Waals surface area contributed by atoms with Crippen molar-refractivity contribution in [1.82, 2.24) is 9.62 Å². The summed E-state index contributed by atoms with van der Waals surface area (Å²) in [5.74, 6) is -0.157. The molecule has 160 valence electrons. The second-order valence-electron chi connectivity index (χ2n) is 8.21. The SMILES string of the molecule is CC(=O)c1ccc(S(=O)(=O)N2CCC(C)(C(=O)NCc3ccc(C)cc3)CC2)cc1. The highest BCUT2D eigenvalue weighted by Gasteiger charge is 2.40. The molecule has 2 aromatic carbocycles. The number of aryl methyl sites for hydroxylation is 1. The first-order chi connectivity index (χ1) is 14.1. The molecule has 7 heteroatoms. The van der Waals surface area contributed by atoms with Crippen molar-refractivity contribution in [2.24, 2.45) is 5.41 Å². The number of nitrogens with zero attached hydrogens (tertiary/aromatic N) is 1. The molecule has 1 heterocycles. The van der Waals surface area contributed by atoms with Gasteiger partial charge >= 0.3 is 0 Å². The molecule has 1 N–H and O–H groups in total. The number of hydrogen-bond acceptors (Lipinski definition) is 4. The lowest BCUT2D eigenvalue weighted by molar-refractivity contribution is -0.132. The number of rotatable bonds is 6. The molecule has 0 saturated carbocycles. The van der Waals surface area contributed by atoms with Gasteiger partial charge in [-0.25, -0.2) is 8.42 Å². The number of benzene rings is 2. The highest BCUT2D eigenvalue weighted by molar-refractivity contribution is 7.89. The maximum atomic E-state index is 12.9. The van der Waals surface area contributed by atoms with Gasteiger partial charge in [-0.05, 0) is 44.4 Å². The van der Waals surface area contributed by atoms with Gasteiger partial charge < -0.3 is 5.32 Å². The summed E-state index contributed by atoms with van der Waals surface area (Å²) >= 11 is 0. The number of hydrogen-bond donors (Lipinski definition) is 1. The molecule has 0 atom stereocenters. The summed E-state index contributed by atoms with van der Waals surface area (Å²) < 4.78 is 27.3. The van der Waals surface area contributed by atoms with Crippen molar-refractivity contribution >= 4 is 21.7 Å². The van der Waals surface area contributed by atoms with Crippen LogP contribution in [0.2, 0.25) is 0 Å². The zero-order chi connectivity index (χ0) is 21.9. The molecule has 0 unspecified atom stereocenters. The lowest BCUT2D eigenvalue weighted by Crippen LogP contribution is -2.48. The second kappa shape index (κ2) is 8.70. The molecule has 6 nitrogen and oxygen atoms in total. The van der Waals surface area contributed by atoms with E-state index in [9.17, 15) is 18.0 Å². The number of amides is 1. The van der Waals surface area contributed by atoms with Crippen LogP contribution in [-0.2, 0) is 21.4 Å². The molecule has 0 bridgehead atoms. The van der Waals surface area contributed by atoms with E-state index in [4.69, 9.17) is 0 Å². The zero-order valence-electron chi connectivity index (χ0n) is 17.6. The Morgan fingerprint density at radius 2 is 1.57 bits per heavy atom. The van der Waals surface area contributed by atoms with E-state index in [1.54, 1.807) is 0 Å². The Labute approximate surface area is 178 Å². The molecule has 1 aliphatic heterocycles. The Morgan fingerprint density at radius 1 is 1.00 bits per heavy atom. The molecule has 1 fully saturated rings. The van der Waals surface area contributed by atoms with E-state index in [2.05, 4.69) is 5.32 Å². The molecule has 2 aromatic rings. The minimum atomic E-state index is -3.65. The fraction of sp³-hybridized carbons (Fsp3) is 0.391. The largest absolute Gasteiger partial charge is 0.352 e. The minimum Gasteiger partial charge on any atom is -0.352 e. The van der Waals surface area contributed by atoms with Crippen molar-refractivity contribution in [3.63, 3.8) is 0 Å². The molecule has 0 radical (unpaired) electrons. The maximum Gasteiger partial charge on any atom is 0.243 e. The highest BCUT2D eigenvalue weighted by Crippen LogP contribution is 2.33. The highest BCUT2D eigenvalue weighted by atomic mass is 32.2. The van der Waals surface area contributed by atoms with E-state index in [-0.39, 0.29) is 29.7 Å². The number of carbonyl (C=O) groups excluding carboxylic acids is 2. The fourth-order valence-corrected chi connectivity index (χ4v) is 5.00. The van der Waals surface area contributed by atoms with Crippen molar-refractivity contribution < 1.29 is 18.0 Å². The first-order valence-corrected chi connectivity index (χ1v) is 11.5. The second-order valence-corrected chi connectivity index (χ2v) is 10.2. The number of ketones is 1. The molecule has 1 saturated heterocycles. The van der Waals surface area contributed by atoms with Gasteiger partial charge in [0.2, 0.25) is 15.9 Å². The number of sulfonamides is 1. The van der Waals surface area contributed by atoms with Crippen LogP contribution in [0.25, 0.3) is 0 Å². The van der Waals surface area contributed by atoms with E-state index < -0.39 is 15.4 Å². The number of carbonyl (C=O) groups is 2. The van der Waals surface area contributed by atoms with Gasteiger partial charge in [0.1, 0.15) is 0 Å². The van der Waals surface area contributed by atoms with Gasteiger partial charge in [0, 0.05) is 30.6 Å². The maximum absolute atomic E-state index is 12.9. The summed E-state index contributed by atoms with van der Waals surface area (Å²) in [7, 11) is -3.65. The van der Waals surface area contributed by atoms with Crippen LogP contribution in [0, 0.1) is 12.3 Å². The average Bonchev–Trinajstić information content (AvgIpc) is 2.73. The Bertz CT molecular complexity index is 1020. The standard InChI is InChI=1S/C23H28N2O4S/c1-17-4-6-19(7-5-17)16-24-22(27)23(3)12-14-25(15-13-23)30(28,29)21-10-8-20(9-11-21)18(2)26/h4-11H,12-16H2,1-3H3,(H,24,27).